The molecule has 21 heavy (non-hydrogen) atoms. The number of hydrogen-bond acceptors (Lipinski definition) is 3. The summed E-state index contributed by atoms with van der Waals surface area (Å²) >= 11 is 0. The lowest BCUT2D eigenvalue weighted by Crippen LogP contribution is -2.39. The Balaban J connectivity index is 2.75. The van der Waals surface area contributed by atoms with Crippen LogP contribution < -0.4 is 5.32 Å². The molecule has 0 heterocycles. The van der Waals surface area contributed by atoms with Crippen LogP contribution in [0.1, 0.15) is 32.8 Å². The van der Waals surface area contributed by atoms with Crippen molar-refractivity contribution < 1.29 is 19.4 Å². The summed E-state index contributed by atoms with van der Waals surface area (Å²) < 4.78 is 5.09. The predicted molar refractivity (Wildman–Crippen MR) is 78.7 cm³/mol. The van der Waals surface area contributed by atoms with Gasteiger partial charge in [-0.25, -0.2) is 4.79 Å². The lowest BCUT2D eigenvalue weighted by Gasteiger charge is -2.21. The van der Waals surface area contributed by atoms with Crippen LogP contribution in [0.25, 0.3) is 0 Å². The molecule has 0 aliphatic rings. The molecule has 1 rings (SSSR count). The van der Waals surface area contributed by atoms with Gasteiger partial charge in [-0.05, 0) is 32.9 Å². The Morgan fingerprint density at radius 3 is 2.43 bits per heavy atom. The van der Waals surface area contributed by atoms with Crippen LogP contribution in [0.5, 0.6) is 0 Å². The van der Waals surface area contributed by atoms with Gasteiger partial charge in [0, 0.05) is 5.56 Å². The van der Waals surface area contributed by atoms with E-state index in [-0.39, 0.29) is 6.42 Å². The van der Waals surface area contributed by atoms with Crippen molar-refractivity contribution in [2.75, 3.05) is 0 Å². The first kappa shape index (κ1) is 16.6. The number of alkyl carbamates (subject to hydrolysis) is 1. The van der Waals surface area contributed by atoms with Crippen LogP contribution >= 0.6 is 0 Å². The van der Waals surface area contributed by atoms with E-state index in [1.165, 1.54) is 0 Å². The zero-order valence-electron chi connectivity index (χ0n) is 12.3. The Hall–Kier alpha value is -2.48. The lowest BCUT2D eigenvalue weighted by atomic mass is 10.1. The molecule has 5 heteroatoms. The third-order valence-electron chi connectivity index (χ3n) is 2.23. The van der Waals surface area contributed by atoms with Crippen LogP contribution in [-0.4, -0.2) is 28.8 Å². The van der Waals surface area contributed by atoms with Gasteiger partial charge >= 0.3 is 12.1 Å². The maximum Gasteiger partial charge on any atom is 0.408 e. The van der Waals surface area contributed by atoms with E-state index in [4.69, 9.17) is 9.84 Å². The number of carboxylic acid groups (broad SMARTS) is 1. The summed E-state index contributed by atoms with van der Waals surface area (Å²) in [5.41, 5.74) is 0.101. The highest BCUT2D eigenvalue weighted by atomic mass is 16.6. The van der Waals surface area contributed by atoms with Crippen LogP contribution in [0.15, 0.2) is 30.3 Å². The van der Waals surface area contributed by atoms with Crippen molar-refractivity contribution in [3.05, 3.63) is 35.9 Å². The first-order valence-electron chi connectivity index (χ1n) is 6.54. The number of hydrogen-bond donors (Lipinski definition) is 2. The number of nitrogens with one attached hydrogen (secondary N) is 1. The quantitative estimate of drug-likeness (QED) is 0.838. The fraction of sp³-hybridized carbons (Fsp3) is 0.375. The second kappa shape index (κ2) is 7.34. The summed E-state index contributed by atoms with van der Waals surface area (Å²) in [6.07, 6.45) is -0.977. The maximum atomic E-state index is 11.7. The summed E-state index contributed by atoms with van der Waals surface area (Å²) in [5, 5.41) is 11.3. The maximum absolute atomic E-state index is 11.7. The molecule has 1 amide bonds. The molecule has 0 aliphatic carbocycles. The Labute approximate surface area is 124 Å². The van der Waals surface area contributed by atoms with Crippen LogP contribution in [0.2, 0.25) is 0 Å². The average Bonchev–Trinajstić information content (AvgIpc) is 2.34. The number of rotatable bonds is 3. The second-order valence-corrected chi connectivity index (χ2v) is 5.43. The molecule has 0 radical (unpaired) electrons. The molecule has 0 unspecified atom stereocenters. The monoisotopic (exact) mass is 289 g/mol. The molecule has 0 saturated carbocycles. The van der Waals surface area contributed by atoms with Crippen LogP contribution in [0.3, 0.4) is 0 Å². The molecule has 0 saturated heterocycles. The van der Waals surface area contributed by atoms with E-state index >= 15 is 0 Å². The predicted octanol–water partition coefficient (Wildman–Crippen LogP) is 2.41. The number of benzene rings is 1. The Bertz CT molecular complexity index is 549. The van der Waals surface area contributed by atoms with E-state index in [0.29, 0.717) is 0 Å². The van der Waals surface area contributed by atoms with Gasteiger partial charge in [0.15, 0.2) is 0 Å². The van der Waals surface area contributed by atoms with Crippen molar-refractivity contribution in [2.45, 2.75) is 38.8 Å². The third-order valence-corrected chi connectivity index (χ3v) is 2.23. The van der Waals surface area contributed by atoms with Gasteiger partial charge in [-0.2, -0.15) is 0 Å². The molecule has 1 aromatic rings. The summed E-state index contributed by atoms with van der Waals surface area (Å²) in [6.45, 7) is 5.19. The largest absolute Gasteiger partial charge is 0.481 e. The van der Waals surface area contributed by atoms with E-state index < -0.39 is 23.7 Å². The van der Waals surface area contributed by atoms with Gasteiger partial charge in [0.2, 0.25) is 0 Å². The van der Waals surface area contributed by atoms with Crippen molar-refractivity contribution >= 4 is 12.1 Å². The van der Waals surface area contributed by atoms with E-state index in [9.17, 15) is 9.59 Å². The van der Waals surface area contributed by atoms with E-state index in [0.717, 1.165) is 5.56 Å². The molecule has 0 spiro atoms. The van der Waals surface area contributed by atoms with Crippen molar-refractivity contribution in [2.24, 2.45) is 0 Å². The number of ether oxygens (including phenoxy) is 1. The standard InChI is InChI=1S/C16H19NO4/c1-16(2,3)21-15(20)17-13(11-14(18)19)10-9-12-7-5-4-6-8-12/h4-8,13H,11H2,1-3H3,(H,17,20)(H,18,19)/t13-/m0/s1. The number of amides is 1. The molecule has 112 valence electrons. The minimum absolute atomic E-state index is 0.293. The summed E-state index contributed by atoms with van der Waals surface area (Å²) in [5.74, 6) is 4.53. The zero-order chi connectivity index (χ0) is 15.9. The van der Waals surface area contributed by atoms with Crippen molar-refractivity contribution in [3.63, 3.8) is 0 Å². The fourth-order valence-electron chi connectivity index (χ4n) is 1.45. The molecular formula is C16H19NO4. The van der Waals surface area contributed by atoms with E-state index in [1.54, 1.807) is 32.9 Å². The van der Waals surface area contributed by atoms with Gasteiger partial charge in [-0.15, -0.1) is 0 Å². The minimum atomic E-state index is -1.04. The van der Waals surface area contributed by atoms with Gasteiger partial charge in [0.25, 0.3) is 0 Å². The molecule has 0 aliphatic heterocycles. The lowest BCUT2D eigenvalue weighted by molar-refractivity contribution is -0.137. The van der Waals surface area contributed by atoms with Crippen molar-refractivity contribution in [3.8, 4) is 11.8 Å². The molecule has 0 fully saturated rings. The van der Waals surface area contributed by atoms with Gasteiger partial charge < -0.3 is 15.2 Å². The SMILES string of the molecule is CC(C)(C)OC(=O)N[C@@H](C#Cc1ccccc1)CC(=O)O. The van der Waals surface area contributed by atoms with Gasteiger partial charge in [0.05, 0.1) is 6.42 Å². The number of carboxylic acids is 1. The van der Waals surface area contributed by atoms with Crippen LogP contribution in [-0.2, 0) is 9.53 Å². The highest BCUT2D eigenvalue weighted by Gasteiger charge is 2.19. The minimum Gasteiger partial charge on any atom is -0.481 e. The van der Waals surface area contributed by atoms with E-state index in [2.05, 4.69) is 17.2 Å². The zero-order valence-corrected chi connectivity index (χ0v) is 12.3. The molecular weight excluding hydrogens is 270 g/mol. The molecule has 2 N–H and O–H groups in total. The van der Waals surface area contributed by atoms with Gasteiger partial charge in [-0.3, -0.25) is 4.79 Å². The van der Waals surface area contributed by atoms with Crippen molar-refractivity contribution in [1.82, 2.24) is 5.32 Å². The Kier molecular flexibility index (Phi) is 5.79. The number of carbonyl (C=O) groups excluding carboxylic acids is 1. The highest BCUT2D eigenvalue weighted by molar-refractivity contribution is 5.72. The molecule has 0 bridgehead atoms. The number of aliphatic carboxylic acids is 1. The number of carbonyl (C=O) groups is 2. The average molecular weight is 289 g/mol. The fourth-order valence-corrected chi connectivity index (χ4v) is 1.45. The van der Waals surface area contributed by atoms with Crippen LogP contribution in [0.4, 0.5) is 4.79 Å². The van der Waals surface area contributed by atoms with Crippen molar-refractivity contribution in [1.29, 1.82) is 0 Å². The molecule has 0 aromatic heterocycles. The molecule has 1 aromatic carbocycles. The molecule has 1 atom stereocenters. The first-order valence-corrected chi connectivity index (χ1v) is 6.54. The summed E-state index contributed by atoms with van der Waals surface area (Å²) in [4.78, 5) is 22.5. The normalized spacial score (nSPS) is 11.8. The summed E-state index contributed by atoms with van der Waals surface area (Å²) in [7, 11) is 0. The second-order valence-electron chi connectivity index (χ2n) is 5.43. The van der Waals surface area contributed by atoms with Gasteiger partial charge in [-0.1, -0.05) is 30.0 Å². The third kappa shape index (κ3) is 7.63. The van der Waals surface area contributed by atoms with E-state index in [1.807, 2.05) is 18.2 Å². The molecule has 5 nitrogen and oxygen atoms in total. The Morgan fingerprint density at radius 1 is 1.29 bits per heavy atom. The highest BCUT2D eigenvalue weighted by Crippen LogP contribution is 2.07. The van der Waals surface area contributed by atoms with Gasteiger partial charge in [0.1, 0.15) is 11.6 Å². The topological polar surface area (TPSA) is 75.6 Å². The smallest absolute Gasteiger partial charge is 0.408 e. The Morgan fingerprint density at radius 2 is 1.90 bits per heavy atom. The first-order chi connectivity index (χ1) is 9.76. The van der Waals surface area contributed by atoms with Crippen LogP contribution in [0, 0.1) is 11.8 Å². The summed E-state index contributed by atoms with van der Waals surface area (Å²) in [6, 6.07) is 8.32.